The van der Waals surface area contributed by atoms with Gasteiger partial charge in [0.15, 0.2) is 0 Å². The normalized spacial score (nSPS) is 30.9. The van der Waals surface area contributed by atoms with E-state index in [2.05, 4.69) is 36.6 Å². The standard InChI is InChI=1S/C22H26BrN5O3/c23-19-17(27-20-16-6-14-5-15(7-16)9-22(20,31)8-14)11-26-28(21(19)30)12-18(29)25-10-13-1-3-24-4-2-13/h1-4,11,14-16,20,27,31H,5-10,12H2,(H,25,29). The quantitative estimate of drug-likeness (QED) is 0.575. The summed E-state index contributed by atoms with van der Waals surface area (Å²) in [5.41, 5.74) is 0.415. The minimum absolute atomic E-state index is 0.0719. The van der Waals surface area contributed by atoms with Crippen molar-refractivity contribution in [3.8, 4) is 0 Å². The summed E-state index contributed by atoms with van der Waals surface area (Å²) in [6, 6.07) is 3.57. The van der Waals surface area contributed by atoms with Crippen LogP contribution in [0.4, 0.5) is 5.69 Å². The Morgan fingerprint density at radius 1 is 1.23 bits per heavy atom. The molecule has 3 atom stereocenters. The number of hydrogen-bond acceptors (Lipinski definition) is 6. The van der Waals surface area contributed by atoms with Gasteiger partial charge in [-0.15, -0.1) is 0 Å². The maximum Gasteiger partial charge on any atom is 0.283 e. The molecule has 0 saturated heterocycles. The van der Waals surface area contributed by atoms with Crippen molar-refractivity contribution >= 4 is 27.5 Å². The van der Waals surface area contributed by atoms with Gasteiger partial charge in [-0.2, -0.15) is 5.10 Å². The van der Waals surface area contributed by atoms with E-state index in [0.717, 1.165) is 35.9 Å². The van der Waals surface area contributed by atoms with E-state index in [1.165, 1.54) is 6.42 Å². The highest BCUT2D eigenvalue weighted by molar-refractivity contribution is 9.10. The predicted octanol–water partition coefficient (Wildman–Crippen LogP) is 2.07. The van der Waals surface area contributed by atoms with Crippen molar-refractivity contribution in [1.29, 1.82) is 0 Å². The molecule has 4 aliphatic rings. The van der Waals surface area contributed by atoms with Crippen LogP contribution in [-0.2, 0) is 17.9 Å². The first-order valence-electron chi connectivity index (χ1n) is 10.8. The van der Waals surface area contributed by atoms with Crippen LogP contribution in [0.3, 0.4) is 0 Å². The van der Waals surface area contributed by atoms with Gasteiger partial charge in [-0.3, -0.25) is 14.6 Å². The molecular weight excluding hydrogens is 462 g/mol. The van der Waals surface area contributed by atoms with Crippen LogP contribution in [0.15, 0.2) is 40.0 Å². The third-order valence-electron chi connectivity index (χ3n) is 7.10. The molecule has 4 saturated carbocycles. The summed E-state index contributed by atoms with van der Waals surface area (Å²) in [6.45, 7) is 0.197. The largest absolute Gasteiger partial charge is 0.388 e. The first kappa shape index (κ1) is 20.6. The number of aromatic nitrogens is 3. The Hall–Kier alpha value is -2.26. The highest BCUT2D eigenvalue weighted by Crippen LogP contribution is 2.56. The van der Waals surface area contributed by atoms with Crippen LogP contribution in [0.5, 0.6) is 0 Å². The fraction of sp³-hybridized carbons (Fsp3) is 0.545. The van der Waals surface area contributed by atoms with Crippen molar-refractivity contribution in [2.24, 2.45) is 17.8 Å². The molecule has 2 heterocycles. The number of nitrogens with one attached hydrogen (secondary N) is 2. The number of pyridine rings is 1. The highest BCUT2D eigenvalue weighted by Gasteiger charge is 2.56. The van der Waals surface area contributed by atoms with Crippen molar-refractivity contribution in [2.75, 3.05) is 5.32 Å². The summed E-state index contributed by atoms with van der Waals surface area (Å²) in [5, 5.41) is 21.7. The van der Waals surface area contributed by atoms with Gasteiger partial charge in [0, 0.05) is 18.9 Å². The monoisotopic (exact) mass is 487 g/mol. The van der Waals surface area contributed by atoms with Gasteiger partial charge in [-0.1, -0.05) is 0 Å². The van der Waals surface area contributed by atoms with Gasteiger partial charge < -0.3 is 15.7 Å². The van der Waals surface area contributed by atoms with E-state index >= 15 is 0 Å². The molecule has 9 heteroatoms. The number of nitrogens with zero attached hydrogens (tertiary/aromatic N) is 3. The lowest BCUT2D eigenvalue weighted by Gasteiger charge is -2.59. The highest BCUT2D eigenvalue weighted by atomic mass is 79.9. The fourth-order valence-corrected chi connectivity index (χ4v) is 6.41. The van der Waals surface area contributed by atoms with E-state index in [4.69, 9.17) is 0 Å². The molecule has 164 valence electrons. The molecule has 8 nitrogen and oxygen atoms in total. The van der Waals surface area contributed by atoms with E-state index in [9.17, 15) is 14.7 Å². The van der Waals surface area contributed by atoms with Crippen molar-refractivity contribution in [2.45, 2.75) is 56.8 Å². The molecule has 0 spiro atoms. The Kier molecular flexibility index (Phi) is 5.34. The zero-order valence-corrected chi connectivity index (χ0v) is 18.7. The Labute approximate surface area is 188 Å². The van der Waals surface area contributed by atoms with E-state index in [1.54, 1.807) is 18.6 Å². The lowest BCUT2D eigenvalue weighted by atomic mass is 9.52. The fourth-order valence-electron chi connectivity index (χ4n) is 5.99. The Morgan fingerprint density at radius 2 is 1.94 bits per heavy atom. The number of hydrogen-bond donors (Lipinski definition) is 3. The van der Waals surface area contributed by atoms with Crippen LogP contribution in [0.1, 0.15) is 37.7 Å². The van der Waals surface area contributed by atoms with Gasteiger partial charge >= 0.3 is 0 Å². The summed E-state index contributed by atoms with van der Waals surface area (Å²) in [4.78, 5) is 29.0. The number of rotatable bonds is 6. The zero-order chi connectivity index (χ0) is 21.6. The molecule has 4 aliphatic carbocycles. The van der Waals surface area contributed by atoms with Crippen molar-refractivity contribution in [1.82, 2.24) is 20.1 Å². The lowest BCUT2D eigenvalue weighted by molar-refractivity contribution is -0.133. The minimum Gasteiger partial charge on any atom is -0.388 e. The third-order valence-corrected chi connectivity index (χ3v) is 7.87. The first-order valence-corrected chi connectivity index (χ1v) is 11.6. The number of carbonyl (C=O) groups excluding carboxylic acids is 1. The third kappa shape index (κ3) is 4.01. The molecule has 0 radical (unpaired) electrons. The molecule has 2 aromatic heterocycles. The molecule has 0 aliphatic heterocycles. The maximum atomic E-state index is 12.8. The smallest absolute Gasteiger partial charge is 0.283 e. The maximum absolute atomic E-state index is 12.8. The minimum atomic E-state index is -0.712. The summed E-state index contributed by atoms with van der Waals surface area (Å²) in [7, 11) is 0. The number of aliphatic hydroxyl groups is 1. The number of amides is 1. The number of anilines is 1. The van der Waals surface area contributed by atoms with Gasteiger partial charge in [0.25, 0.3) is 5.56 Å². The van der Waals surface area contributed by atoms with Crippen LogP contribution in [0, 0.1) is 17.8 Å². The van der Waals surface area contributed by atoms with E-state index < -0.39 is 5.60 Å². The molecule has 4 bridgehead atoms. The average molecular weight is 488 g/mol. The van der Waals surface area contributed by atoms with Gasteiger partial charge in [0.1, 0.15) is 11.0 Å². The predicted molar refractivity (Wildman–Crippen MR) is 118 cm³/mol. The van der Waals surface area contributed by atoms with Gasteiger partial charge in [0.2, 0.25) is 5.91 Å². The molecule has 4 fully saturated rings. The van der Waals surface area contributed by atoms with Gasteiger partial charge in [-0.25, -0.2) is 4.68 Å². The van der Waals surface area contributed by atoms with Crippen LogP contribution in [0.25, 0.3) is 0 Å². The summed E-state index contributed by atoms with van der Waals surface area (Å²) in [6.07, 6.45) is 10.1. The summed E-state index contributed by atoms with van der Waals surface area (Å²) in [5.74, 6) is 1.38. The summed E-state index contributed by atoms with van der Waals surface area (Å²) < 4.78 is 1.48. The molecule has 6 rings (SSSR count). The summed E-state index contributed by atoms with van der Waals surface area (Å²) >= 11 is 3.39. The van der Waals surface area contributed by atoms with Crippen LogP contribution < -0.4 is 16.2 Å². The van der Waals surface area contributed by atoms with Crippen molar-refractivity contribution in [3.63, 3.8) is 0 Å². The number of halogens is 1. The molecular formula is C22H26BrN5O3. The molecule has 0 aromatic carbocycles. The first-order chi connectivity index (χ1) is 14.9. The zero-order valence-electron chi connectivity index (χ0n) is 17.1. The molecule has 31 heavy (non-hydrogen) atoms. The molecule has 3 unspecified atom stereocenters. The number of carbonyl (C=O) groups is 1. The van der Waals surface area contributed by atoms with Crippen molar-refractivity contribution < 1.29 is 9.90 Å². The van der Waals surface area contributed by atoms with E-state index in [1.807, 2.05) is 12.1 Å². The topological polar surface area (TPSA) is 109 Å². The van der Waals surface area contributed by atoms with Crippen LogP contribution >= 0.6 is 15.9 Å². The van der Waals surface area contributed by atoms with Crippen LogP contribution in [-0.4, -0.2) is 37.4 Å². The van der Waals surface area contributed by atoms with E-state index in [0.29, 0.717) is 34.5 Å². The second-order valence-corrected chi connectivity index (χ2v) is 10.1. The molecule has 3 N–H and O–H groups in total. The SMILES string of the molecule is O=C(Cn1ncc(NC2C3CC4CC(C3)CC2(O)C4)c(Br)c1=O)NCc1ccncc1. The van der Waals surface area contributed by atoms with Crippen molar-refractivity contribution in [3.05, 3.63) is 51.1 Å². The second kappa shape index (κ2) is 8.02. The Morgan fingerprint density at radius 3 is 2.61 bits per heavy atom. The molecule has 2 aromatic rings. The van der Waals surface area contributed by atoms with Gasteiger partial charge in [-0.05, 0) is 83.5 Å². The van der Waals surface area contributed by atoms with Gasteiger partial charge in [0.05, 0.1) is 23.5 Å². The lowest BCUT2D eigenvalue weighted by Crippen LogP contribution is -2.63. The molecule has 1 amide bonds. The van der Waals surface area contributed by atoms with Crippen LogP contribution in [0.2, 0.25) is 0 Å². The Balaban J connectivity index is 1.26. The Bertz CT molecular complexity index is 1030. The van der Waals surface area contributed by atoms with E-state index in [-0.39, 0.29) is 24.1 Å². The average Bonchev–Trinajstić information content (AvgIpc) is 2.74. The second-order valence-electron chi connectivity index (χ2n) is 9.30.